The highest BCUT2D eigenvalue weighted by atomic mass is 35.5. The van der Waals surface area contributed by atoms with Crippen LogP contribution in [0, 0.1) is 0 Å². The Balaban J connectivity index is 1.81. The van der Waals surface area contributed by atoms with Crippen LogP contribution in [-0.4, -0.2) is 15.2 Å². The van der Waals surface area contributed by atoms with Gasteiger partial charge in [-0.3, -0.25) is 0 Å². The summed E-state index contributed by atoms with van der Waals surface area (Å²) in [5, 5.41) is 15.4. The van der Waals surface area contributed by atoms with Gasteiger partial charge in [-0.05, 0) is 30.3 Å². The zero-order chi connectivity index (χ0) is 16.2. The molecule has 0 radical (unpaired) electrons. The molecular formula is C15H10Cl3N5. The van der Waals surface area contributed by atoms with E-state index in [9.17, 15) is 0 Å². The molecule has 0 unspecified atom stereocenters. The molecule has 0 saturated carbocycles. The Hall–Kier alpha value is -2.08. The molecule has 2 aromatic carbocycles. The smallest absolute Gasteiger partial charge is 0.249 e. The van der Waals surface area contributed by atoms with Crippen LogP contribution in [0.4, 0.5) is 23.1 Å². The average Bonchev–Trinajstić information content (AvgIpc) is 2.52. The lowest BCUT2D eigenvalue weighted by Gasteiger charge is -2.09. The summed E-state index contributed by atoms with van der Waals surface area (Å²) in [6, 6.07) is 12.5. The number of hydrogen-bond acceptors (Lipinski definition) is 5. The normalized spacial score (nSPS) is 10.4. The van der Waals surface area contributed by atoms with Crippen LogP contribution in [0.5, 0.6) is 0 Å². The second-order valence-electron chi connectivity index (χ2n) is 4.53. The lowest BCUT2D eigenvalue weighted by molar-refractivity contribution is 0.982. The van der Waals surface area contributed by atoms with Crippen LogP contribution < -0.4 is 10.6 Å². The molecule has 2 N–H and O–H groups in total. The minimum atomic E-state index is 0.329. The maximum Gasteiger partial charge on any atom is 0.249 e. The molecule has 0 aliphatic carbocycles. The molecule has 0 amide bonds. The van der Waals surface area contributed by atoms with Crippen molar-refractivity contribution in [3.8, 4) is 0 Å². The summed E-state index contributed by atoms with van der Waals surface area (Å²) in [6.07, 6.45) is 1.49. The molecule has 3 rings (SSSR count). The number of nitrogens with zero attached hydrogens (tertiary/aromatic N) is 3. The van der Waals surface area contributed by atoms with Crippen LogP contribution in [0.2, 0.25) is 15.1 Å². The summed E-state index contributed by atoms with van der Waals surface area (Å²) in [6.45, 7) is 0. The van der Waals surface area contributed by atoms with E-state index in [2.05, 4.69) is 25.8 Å². The van der Waals surface area contributed by atoms with E-state index in [0.717, 1.165) is 5.69 Å². The fourth-order valence-electron chi connectivity index (χ4n) is 1.85. The molecule has 0 aliphatic rings. The van der Waals surface area contributed by atoms with E-state index in [0.29, 0.717) is 32.5 Å². The van der Waals surface area contributed by atoms with E-state index in [1.807, 2.05) is 12.1 Å². The van der Waals surface area contributed by atoms with Gasteiger partial charge in [0.15, 0.2) is 5.82 Å². The first-order valence-electron chi connectivity index (χ1n) is 6.55. The average molecular weight is 367 g/mol. The highest BCUT2D eigenvalue weighted by molar-refractivity contribution is 6.43. The summed E-state index contributed by atoms with van der Waals surface area (Å²) >= 11 is 18.1. The largest absolute Gasteiger partial charge is 0.338 e. The van der Waals surface area contributed by atoms with Crippen molar-refractivity contribution in [1.82, 2.24) is 15.2 Å². The number of nitrogens with one attached hydrogen (secondary N) is 2. The molecule has 1 aromatic heterocycles. The topological polar surface area (TPSA) is 62.7 Å². The minimum Gasteiger partial charge on any atom is -0.338 e. The molecule has 116 valence electrons. The van der Waals surface area contributed by atoms with Gasteiger partial charge >= 0.3 is 0 Å². The van der Waals surface area contributed by atoms with Crippen molar-refractivity contribution in [3.63, 3.8) is 0 Å². The van der Waals surface area contributed by atoms with E-state index < -0.39 is 0 Å². The molecule has 0 spiro atoms. The molecule has 0 atom stereocenters. The van der Waals surface area contributed by atoms with Gasteiger partial charge in [0, 0.05) is 10.7 Å². The van der Waals surface area contributed by atoms with Crippen molar-refractivity contribution in [3.05, 3.63) is 63.7 Å². The van der Waals surface area contributed by atoms with Gasteiger partial charge in [-0.15, -0.1) is 5.10 Å². The van der Waals surface area contributed by atoms with Gasteiger partial charge < -0.3 is 10.6 Å². The maximum absolute atomic E-state index is 6.14. The molecular weight excluding hydrogens is 357 g/mol. The van der Waals surface area contributed by atoms with Crippen LogP contribution >= 0.6 is 34.8 Å². The Bertz CT molecular complexity index is 841. The maximum atomic E-state index is 6.14. The second kappa shape index (κ2) is 7.00. The van der Waals surface area contributed by atoms with E-state index in [-0.39, 0.29) is 0 Å². The zero-order valence-electron chi connectivity index (χ0n) is 11.6. The number of rotatable bonds is 4. The van der Waals surface area contributed by atoms with Crippen molar-refractivity contribution in [2.24, 2.45) is 0 Å². The van der Waals surface area contributed by atoms with Crippen molar-refractivity contribution in [1.29, 1.82) is 0 Å². The second-order valence-corrected chi connectivity index (χ2v) is 5.75. The number of halogens is 3. The molecule has 0 bridgehead atoms. The number of aromatic nitrogens is 3. The summed E-state index contributed by atoms with van der Waals surface area (Å²) in [4.78, 5) is 4.32. The van der Waals surface area contributed by atoms with Gasteiger partial charge in [0.25, 0.3) is 0 Å². The van der Waals surface area contributed by atoms with Gasteiger partial charge in [-0.25, -0.2) is 0 Å². The molecule has 3 aromatic rings. The fraction of sp³-hybridized carbons (Fsp3) is 0. The third kappa shape index (κ3) is 4.01. The first kappa shape index (κ1) is 15.8. The van der Waals surface area contributed by atoms with Crippen LogP contribution in [-0.2, 0) is 0 Å². The van der Waals surface area contributed by atoms with E-state index >= 15 is 0 Å². The molecule has 0 aliphatic heterocycles. The zero-order valence-corrected chi connectivity index (χ0v) is 13.9. The Morgan fingerprint density at radius 2 is 1.74 bits per heavy atom. The van der Waals surface area contributed by atoms with Crippen molar-refractivity contribution < 1.29 is 0 Å². The van der Waals surface area contributed by atoms with E-state index in [4.69, 9.17) is 34.8 Å². The molecule has 0 saturated heterocycles. The summed E-state index contributed by atoms with van der Waals surface area (Å²) in [7, 11) is 0. The third-order valence-electron chi connectivity index (χ3n) is 2.85. The quantitative estimate of drug-likeness (QED) is 0.654. The van der Waals surface area contributed by atoms with Gasteiger partial charge in [-0.2, -0.15) is 10.1 Å². The minimum absolute atomic E-state index is 0.329. The molecule has 5 nitrogen and oxygen atoms in total. The van der Waals surface area contributed by atoms with Crippen molar-refractivity contribution in [2.75, 3.05) is 10.6 Å². The summed E-state index contributed by atoms with van der Waals surface area (Å²) in [5.74, 6) is 0.809. The van der Waals surface area contributed by atoms with Crippen LogP contribution in [0.15, 0.2) is 48.7 Å². The van der Waals surface area contributed by atoms with Gasteiger partial charge in [0.1, 0.15) is 0 Å². The highest BCUT2D eigenvalue weighted by Gasteiger charge is 2.07. The Labute approximate surface area is 147 Å². The third-order valence-corrected chi connectivity index (χ3v) is 3.91. The van der Waals surface area contributed by atoms with Gasteiger partial charge in [-0.1, -0.05) is 46.9 Å². The van der Waals surface area contributed by atoms with E-state index in [1.54, 1.807) is 30.3 Å². The van der Waals surface area contributed by atoms with Crippen LogP contribution in [0.3, 0.4) is 0 Å². The first-order chi connectivity index (χ1) is 11.1. The number of hydrogen-bond donors (Lipinski definition) is 2. The molecule has 23 heavy (non-hydrogen) atoms. The summed E-state index contributed by atoms with van der Waals surface area (Å²) in [5.41, 5.74) is 1.39. The Kier molecular flexibility index (Phi) is 4.81. The number of anilines is 4. The lowest BCUT2D eigenvalue weighted by Crippen LogP contribution is -2.02. The predicted octanol–water partition coefficient (Wildman–Crippen LogP) is 5.32. The van der Waals surface area contributed by atoms with Gasteiger partial charge in [0.05, 0.1) is 21.9 Å². The van der Waals surface area contributed by atoms with Gasteiger partial charge in [0.2, 0.25) is 5.95 Å². The molecule has 0 fully saturated rings. The predicted molar refractivity (Wildman–Crippen MR) is 94.3 cm³/mol. The molecule has 8 heteroatoms. The summed E-state index contributed by atoms with van der Waals surface area (Å²) < 4.78 is 0. The SMILES string of the molecule is Clc1cccc(Nc2nncc(Nc3cccc(Cl)c3Cl)n2)c1. The fourth-order valence-corrected chi connectivity index (χ4v) is 2.39. The number of benzene rings is 2. The van der Waals surface area contributed by atoms with Crippen LogP contribution in [0.1, 0.15) is 0 Å². The Morgan fingerprint density at radius 1 is 0.913 bits per heavy atom. The molecule has 1 heterocycles. The standard InChI is InChI=1S/C15H10Cl3N5/c16-9-3-1-4-10(7-9)20-15-22-13(8-19-23-15)21-12-6-2-5-11(17)14(12)18/h1-8H,(H2,20,21,22,23). The van der Waals surface area contributed by atoms with Crippen molar-refractivity contribution in [2.45, 2.75) is 0 Å². The lowest BCUT2D eigenvalue weighted by atomic mass is 10.3. The first-order valence-corrected chi connectivity index (χ1v) is 7.68. The van der Waals surface area contributed by atoms with E-state index in [1.165, 1.54) is 6.20 Å². The van der Waals surface area contributed by atoms with Crippen LogP contribution in [0.25, 0.3) is 0 Å². The Morgan fingerprint density at radius 3 is 2.57 bits per heavy atom. The van der Waals surface area contributed by atoms with Crippen molar-refractivity contribution >= 4 is 57.9 Å². The monoisotopic (exact) mass is 365 g/mol. The highest BCUT2D eigenvalue weighted by Crippen LogP contribution is 2.31.